The van der Waals surface area contributed by atoms with Crippen molar-refractivity contribution in [3.05, 3.63) is 53.9 Å². The number of ether oxygens (including phenoxy) is 2. The Balaban J connectivity index is 1.14. The van der Waals surface area contributed by atoms with Gasteiger partial charge >= 0.3 is 13.2 Å². The molecule has 0 unspecified atom stereocenters. The summed E-state index contributed by atoms with van der Waals surface area (Å²) < 4.78 is 26.5. The molecule has 8 rings (SSSR count). The first-order valence-corrected chi connectivity index (χ1v) is 15.2. The van der Waals surface area contributed by atoms with Crippen LogP contribution in [0.5, 0.6) is 5.75 Å². The number of nitrogens with zero attached hydrogens (tertiary/aromatic N) is 2. The Morgan fingerprint density at radius 1 is 1.05 bits per heavy atom. The van der Waals surface area contributed by atoms with Gasteiger partial charge in [-0.3, -0.25) is 0 Å². The van der Waals surface area contributed by atoms with Gasteiger partial charge in [0.25, 0.3) is 0 Å². The Bertz CT molecular complexity index is 1880. The lowest BCUT2D eigenvalue weighted by Gasteiger charge is -2.32. The predicted molar refractivity (Wildman–Crippen MR) is 166 cm³/mol. The van der Waals surface area contributed by atoms with Crippen molar-refractivity contribution in [3.8, 4) is 16.9 Å². The fraction of sp³-hybridized carbons (Fsp3) is 0.441. The molecule has 0 bridgehead atoms. The average Bonchev–Trinajstić information content (AvgIpc) is 3.28. The van der Waals surface area contributed by atoms with Gasteiger partial charge in [0.2, 0.25) is 6.04 Å². The normalized spacial score (nSPS) is 23.3. The van der Waals surface area contributed by atoms with Crippen molar-refractivity contribution in [1.29, 1.82) is 0 Å². The standard InChI is InChI=1S/C34H37BN3O5/c1-32(2,3)41-31(39)38-26-14-19(26)15-27(38)30-36-25-11-8-18-13-24-22-10-9-21(35-42-33(4,5)34(6,7)43-35)12-20(22)17-40-28(24)16-23(18)29(25)37-30/h8-13,16,19,27H,14-15,17H2,1-7H3,(H,36,37)/q+1/t19-,27+/m1/s1. The Labute approximate surface area is 251 Å². The van der Waals surface area contributed by atoms with E-state index in [1.54, 1.807) is 0 Å². The average molecular weight is 578 g/mol. The van der Waals surface area contributed by atoms with Gasteiger partial charge in [0, 0.05) is 23.8 Å². The molecule has 1 saturated heterocycles. The number of aromatic nitrogens is 2. The van der Waals surface area contributed by atoms with Gasteiger partial charge in [-0.1, -0.05) is 24.3 Å². The van der Waals surface area contributed by atoms with Crippen molar-refractivity contribution in [2.75, 3.05) is 0 Å². The van der Waals surface area contributed by atoms with Gasteiger partial charge in [-0.25, -0.2) is 4.98 Å². The van der Waals surface area contributed by atoms with Crippen molar-refractivity contribution in [2.24, 2.45) is 5.92 Å². The van der Waals surface area contributed by atoms with Gasteiger partial charge in [-0.05, 0) is 88.6 Å². The van der Waals surface area contributed by atoms with E-state index in [2.05, 4.69) is 75.1 Å². The lowest BCUT2D eigenvalue weighted by Crippen LogP contribution is -2.41. The molecule has 43 heavy (non-hydrogen) atoms. The van der Waals surface area contributed by atoms with Crippen molar-refractivity contribution < 1.29 is 28.2 Å². The van der Waals surface area contributed by atoms with Crippen LogP contribution in [0.2, 0.25) is 0 Å². The van der Waals surface area contributed by atoms with E-state index in [0.717, 1.165) is 74.1 Å². The number of benzene rings is 3. The topological polar surface area (TPSA) is 85.7 Å². The third-order valence-corrected chi connectivity index (χ3v) is 9.72. The molecule has 3 aliphatic heterocycles. The van der Waals surface area contributed by atoms with Crippen LogP contribution < -0.4 is 10.2 Å². The van der Waals surface area contributed by atoms with E-state index in [4.69, 9.17) is 23.8 Å². The molecule has 1 aliphatic carbocycles. The van der Waals surface area contributed by atoms with E-state index in [1.165, 1.54) is 0 Å². The fourth-order valence-corrected chi connectivity index (χ4v) is 6.68. The lowest BCUT2D eigenvalue weighted by atomic mass is 9.77. The minimum Gasteiger partial charge on any atom is -0.488 e. The van der Waals surface area contributed by atoms with Crippen molar-refractivity contribution in [2.45, 2.75) is 90.8 Å². The van der Waals surface area contributed by atoms with Crippen LogP contribution in [0.3, 0.4) is 0 Å². The van der Waals surface area contributed by atoms with Crippen LogP contribution in [0, 0.1) is 5.92 Å². The number of carbonyl (C=O) groups excluding carboxylic acids is 1. The molecule has 4 heterocycles. The summed E-state index contributed by atoms with van der Waals surface area (Å²) in [5, 5.41) is 2.11. The van der Waals surface area contributed by atoms with Crippen LogP contribution in [0.25, 0.3) is 32.9 Å². The second kappa shape index (κ2) is 8.70. The number of nitrogens with one attached hydrogen (secondary N) is 1. The monoisotopic (exact) mass is 578 g/mol. The van der Waals surface area contributed by atoms with Gasteiger partial charge < -0.3 is 23.8 Å². The molecule has 9 heteroatoms. The Morgan fingerprint density at radius 2 is 1.81 bits per heavy atom. The molecular formula is C34H37BN3O5+. The summed E-state index contributed by atoms with van der Waals surface area (Å²) in [6, 6.07) is 14.8. The third kappa shape index (κ3) is 4.23. The summed E-state index contributed by atoms with van der Waals surface area (Å²) in [5.41, 5.74) is 5.99. The first-order chi connectivity index (χ1) is 20.3. The maximum Gasteiger partial charge on any atom is 0.597 e. The molecule has 1 amide bonds. The lowest BCUT2D eigenvalue weighted by molar-refractivity contribution is -0.491. The number of hydrogen-bond donors (Lipinski definition) is 1. The minimum absolute atomic E-state index is 0.148. The summed E-state index contributed by atoms with van der Waals surface area (Å²) in [6.45, 7) is 14.5. The highest BCUT2D eigenvalue weighted by molar-refractivity contribution is 6.62. The molecule has 2 fully saturated rings. The van der Waals surface area contributed by atoms with E-state index in [0.29, 0.717) is 12.5 Å². The molecular weight excluding hydrogens is 541 g/mol. The molecule has 1 saturated carbocycles. The summed E-state index contributed by atoms with van der Waals surface area (Å²) in [7, 11) is -0.411. The van der Waals surface area contributed by atoms with E-state index in [9.17, 15) is 4.79 Å². The number of rotatable bonds is 2. The Hall–Kier alpha value is -3.69. The van der Waals surface area contributed by atoms with Crippen molar-refractivity contribution in [1.82, 2.24) is 9.97 Å². The Morgan fingerprint density at radius 3 is 2.56 bits per heavy atom. The van der Waals surface area contributed by atoms with Crippen molar-refractivity contribution in [3.63, 3.8) is 0 Å². The second-order valence-electron chi connectivity index (χ2n) is 14.4. The molecule has 2 atom stereocenters. The van der Waals surface area contributed by atoms with Crippen LogP contribution in [0.4, 0.5) is 4.79 Å². The van der Waals surface area contributed by atoms with E-state index >= 15 is 0 Å². The van der Waals surface area contributed by atoms with Crippen molar-refractivity contribution >= 4 is 46.2 Å². The molecule has 220 valence electrons. The second-order valence-corrected chi connectivity index (χ2v) is 14.4. The highest BCUT2D eigenvalue weighted by Crippen LogP contribution is 2.46. The Kier molecular flexibility index (Phi) is 5.44. The quantitative estimate of drug-likeness (QED) is 0.218. The number of imidazole rings is 1. The molecule has 3 aromatic carbocycles. The zero-order valence-corrected chi connectivity index (χ0v) is 25.8. The van der Waals surface area contributed by atoms with Gasteiger partial charge in [-0.2, -0.15) is 4.79 Å². The fourth-order valence-electron chi connectivity index (χ4n) is 6.68. The van der Waals surface area contributed by atoms with Crippen LogP contribution in [-0.2, 0) is 20.7 Å². The third-order valence-electron chi connectivity index (χ3n) is 9.72. The number of amides is 1. The number of fused-ring (bicyclic) bond motifs is 7. The van der Waals surface area contributed by atoms with Crippen LogP contribution in [0.1, 0.15) is 78.7 Å². The first kappa shape index (κ1) is 26.9. The number of hydrogen-bond acceptors (Lipinski definition) is 6. The van der Waals surface area contributed by atoms with Gasteiger partial charge in [0.1, 0.15) is 18.0 Å². The van der Waals surface area contributed by atoms with Crippen LogP contribution >= 0.6 is 0 Å². The summed E-state index contributed by atoms with van der Waals surface area (Å²) in [4.78, 5) is 21.7. The molecule has 4 aromatic rings. The van der Waals surface area contributed by atoms with E-state index in [-0.39, 0.29) is 12.1 Å². The number of aromatic amines is 1. The maximum atomic E-state index is 13.1. The molecule has 0 spiro atoms. The maximum absolute atomic E-state index is 13.1. The van der Waals surface area contributed by atoms with Gasteiger partial charge in [-0.15, -0.1) is 4.58 Å². The molecule has 1 aromatic heterocycles. The minimum atomic E-state index is -0.551. The number of carbonyl (C=O) groups is 1. The SMILES string of the molecule is CC(C)(C)OC(=O)[N+]1=C2C[C@@H]2C[C@H]1c1nc2c(ccc3cc4c(cc32)OCc2cc(B3OC(C)(C)C(C)(C)O3)ccc2-4)[nH]1. The van der Waals surface area contributed by atoms with Gasteiger partial charge in [0.15, 0.2) is 11.5 Å². The van der Waals surface area contributed by atoms with E-state index in [1.807, 2.05) is 25.3 Å². The summed E-state index contributed by atoms with van der Waals surface area (Å²) >= 11 is 0. The largest absolute Gasteiger partial charge is 0.597 e. The summed E-state index contributed by atoms with van der Waals surface area (Å²) in [6.07, 6.45) is 1.54. The zero-order valence-electron chi connectivity index (χ0n) is 25.8. The zero-order chi connectivity index (χ0) is 30.1. The molecule has 8 nitrogen and oxygen atoms in total. The molecule has 1 N–H and O–H groups in total. The smallest absolute Gasteiger partial charge is 0.488 e. The summed E-state index contributed by atoms with van der Waals surface area (Å²) in [5.74, 6) is 2.08. The van der Waals surface area contributed by atoms with Gasteiger partial charge in [0.05, 0.1) is 28.2 Å². The highest BCUT2D eigenvalue weighted by atomic mass is 16.7. The van der Waals surface area contributed by atoms with Crippen LogP contribution in [-0.4, -0.2) is 50.3 Å². The number of H-pyrrole nitrogens is 1. The molecule has 0 radical (unpaired) electrons. The van der Waals surface area contributed by atoms with Crippen LogP contribution in [0.15, 0.2) is 42.5 Å². The van der Waals surface area contributed by atoms with E-state index < -0.39 is 23.9 Å². The first-order valence-electron chi connectivity index (χ1n) is 15.2. The predicted octanol–water partition coefficient (Wildman–Crippen LogP) is 6.43. The highest BCUT2D eigenvalue weighted by Gasteiger charge is 2.57. The molecule has 4 aliphatic rings.